The third-order valence-electron chi connectivity index (χ3n) is 6.13. The van der Waals surface area contributed by atoms with Crippen LogP contribution in [0.2, 0.25) is 0 Å². The number of fused-ring (bicyclic) bond motifs is 3. The van der Waals surface area contributed by atoms with E-state index in [-0.39, 0.29) is 17.9 Å². The number of nitrogens with one attached hydrogen (secondary N) is 1. The molecule has 1 amide bonds. The fourth-order valence-corrected chi connectivity index (χ4v) is 4.61. The Bertz CT molecular complexity index is 912. The average Bonchev–Trinajstić information content (AvgIpc) is 3.22. The van der Waals surface area contributed by atoms with Crippen molar-refractivity contribution in [3.05, 3.63) is 59.2 Å². The summed E-state index contributed by atoms with van der Waals surface area (Å²) in [5.74, 6) is 0.367. The van der Waals surface area contributed by atoms with Crippen molar-refractivity contribution in [1.82, 2.24) is 5.32 Å². The third-order valence-corrected chi connectivity index (χ3v) is 6.13. The van der Waals surface area contributed by atoms with Gasteiger partial charge in [0.05, 0.1) is 18.6 Å². The smallest absolute Gasteiger partial charge is 0.416 e. The van der Waals surface area contributed by atoms with Crippen LogP contribution in [-0.4, -0.2) is 32.1 Å². The predicted octanol–water partition coefficient (Wildman–Crippen LogP) is 4.21. The van der Waals surface area contributed by atoms with Gasteiger partial charge in [-0.25, -0.2) is 0 Å². The lowest BCUT2D eigenvalue weighted by Gasteiger charge is -2.39. The van der Waals surface area contributed by atoms with Gasteiger partial charge in [-0.1, -0.05) is 12.1 Å². The summed E-state index contributed by atoms with van der Waals surface area (Å²) in [6.45, 7) is 1.27. The van der Waals surface area contributed by atoms with E-state index in [0.29, 0.717) is 24.9 Å². The van der Waals surface area contributed by atoms with Crippen molar-refractivity contribution in [2.45, 2.75) is 37.9 Å². The summed E-state index contributed by atoms with van der Waals surface area (Å²) in [5.41, 5.74) is 1.88. The lowest BCUT2D eigenvalue weighted by Crippen LogP contribution is -2.48. The van der Waals surface area contributed by atoms with Crippen LogP contribution in [0.5, 0.6) is 5.75 Å². The zero-order valence-electron chi connectivity index (χ0n) is 16.8. The minimum Gasteiger partial charge on any atom is -0.497 e. The van der Waals surface area contributed by atoms with Gasteiger partial charge in [0.25, 0.3) is 0 Å². The number of amides is 1. The first kappa shape index (κ1) is 20.6. The van der Waals surface area contributed by atoms with Crippen LogP contribution in [0.4, 0.5) is 18.9 Å². The zero-order chi connectivity index (χ0) is 21.3. The van der Waals surface area contributed by atoms with Crippen molar-refractivity contribution in [2.75, 3.05) is 25.1 Å². The highest BCUT2D eigenvalue weighted by atomic mass is 19.4. The first-order valence-corrected chi connectivity index (χ1v) is 10.2. The number of ether oxygens (including phenoxy) is 1. The monoisotopic (exact) mass is 418 g/mol. The Morgan fingerprint density at radius 3 is 2.67 bits per heavy atom. The zero-order valence-corrected chi connectivity index (χ0v) is 16.8. The van der Waals surface area contributed by atoms with E-state index in [9.17, 15) is 18.0 Å². The molecular weight excluding hydrogens is 393 g/mol. The molecule has 160 valence electrons. The standard InChI is InChI=1S/C23H25F3N2O2/c1-30-18-7-4-15(5-8-18)10-11-27-22(29)19-14-16-13-17(23(24,25)26)6-9-20(16)28-12-2-3-21(19)28/h4-9,13,19,21H,2-3,10-12,14H2,1H3,(H,27,29). The third kappa shape index (κ3) is 4.11. The van der Waals surface area contributed by atoms with E-state index in [4.69, 9.17) is 4.74 Å². The molecule has 0 aromatic heterocycles. The second-order valence-electron chi connectivity index (χ2n) is 7.94. The van der Waals surface area contributed by atoms with Gasteiger partial charge in [0.2, 0.25) is 5.91 Å². The van der Waals surface area contributed by atoms with Crippen molar-refractivity contribution < 1.29 is 22.7 Å². The van der Waals surface area contributed by atoms with Crippen molar-refractivity contribution in [3.8, 4) is 5.75 Å². The molecule has 2 aromatic rings. The second-order valence-corrected chi connectivity index (χ2v) is 7.94. The Morgan fingerprint density at radius 2 is 1.97 bits per heavy atom. The lowest BCUT2D eigenvalue weighted by atomic mass is 9.84. The van der Waals surface area contributed by atoms with Crippen molar-refractivity contribution in [2.24, 2.45) is 5.92 Å². The predicted molar refractivity (Wildman–Crippen MR) is 109 cm³/mol. The van der Waals surface area contributed by atoms with E-state index >= 15 is 0 Å². The van der Waals surface area contributed by atoms with Gasteiger partial charge in [0.15, 0.2) is 0 Å². The minimum absolute atomic E-state index is 0.0511. The molecule has 4 nitrogen and oxygen atoms in total. The average molecular weight is 418 g/mol. The second kappa shape index (κ2) is 8.20. The first-order valence-electron chi connectivity index (χ1n) is 10.2. The van der Waals surface area contributed by atoms with Crippen LogP contribution in [0.15, 0.2) is 42.5 Å². The molecule has 2 unspecified atom stereocenters. The molecule has 0 spiro atoms. The maximum Gasteiger partial charge on any atom is 0.416 e. The largest absolute Gasteiger partial charge is 0.497 e. The summed E-state index contributed by atoms with van der Waals surface area (Å²) in [7, 11) is 1.61. The summed E-state index contributed by atoms with van der Waals surface area (Å²) in [6, 6.07) is 11.6. The molecular formula is C23H25F3N2O2. The minimum atomic E-state index is -4.38. The maximum absolute atomic E-state index is 13.2. The Balaban J connectivity index is 1.45. The number of rotatable bonds is 5. The first-order chi connectivity index (χ1) is 14.4. The van der Waals surface area contributed by atoms with Gasteiger partial charge in [0, 0.05) is 24.8 Å². The summed E-state index contributed by atoms with van der Waals surface area (Å²) >= 11 is 0. The van der Waals surface area contributed by atoms with Crippen molar-refractivity contribution in [3.63, 3.8) is 0 Å². The molecule has 2 aliphatic heterocycles. The van der Waals surface area contributed by atoms with E-state index in [2.05, 4.69) is 10.2 Å². The Labute approximate surface area is 174 Å². The van der Waals surface area contributed by atoms with Gasteiger partial charge >= 0.3 is 6.18 Å². The molecule has 0 radical (unpaired) electrons. The number of anilines is 1. The summed E-state index contributed by atoms with van der Waals surface area (Å²) < 4.78 is 44.6. The van der Waals surface area contributed by atoms with E-state index in [1.807, 2.05) is 24.3 Å². The number of nitrogens with zero attached hydrogens (tertiary/aromatic N) is 1. The van der Waals surface area contributed by atoms with E-state index in [1.54, 1.807) is 13.2 Å². The van der Waals surface area contributed by atoms with Crippen molar-refractivity contribution in [1.29, 1.82) is 0 Å². The Kier molecular flexibility index (Phi) is 5.62. The summed E-state index contributed by atoms with van der Waals surface area (Å²) in [5, 5.41) is 3.00. The number of hydrogen-bond donors (Lipinski definition) is 1. The van der Waals surface area contributed by atoms with Crippen LogP contribution in [0.25, 0.3) is 0 Å². The molecule has 1 fully saturated rings. The van der Waals surface area contributed by atoms with Gasteiger partial charge in [0.1, 0.15) is 5.75 Å². The fourth-order valence-electron chi connectivity index (χ4n) is 4.61. The molecule has 1 N–H and O–H groups in total. The molecule has 2 heterocycles. The molecule has 0 bridgehead atoms. The van der Waals surface area contributed by atoms with Crippen molar-refractivity contribution >= 4 is 11.6 Å². The fraction of sp³-hybridized carbons (Fsp3) is 0.435. The van der Waals surface area contributed by atoms with E-state index in [1.165, 1.54) is 6.07 Å². The number of halogens is 3. The molecule has 4 rings (SSSR count). The number of alkyl halides is 3. The van der Waals surface area contributed by atoms with E-state index in [0.717, 1.165) is 42.5 Å². The SMILES string of the molecule is COc1ccc(CCNC(=O)C2Cc3cc(C(F)(F)F)ccc3N3CCCC23)cc1. The molecule has 0 saturated carbocycles. The maximum atomic E-state index is 13.2. The van der Waals surface area contributed by atoms with Crippen LogP contribution >= 0.6 is 0 Å². The summed E-state index contributed by atoms with van der Waals surface area (Å²) in [4.78, 5) is 15.1. The Hall–Kier alpha value is -2.70. The Morgan fingerprint density at radius 1 is 1.20 bits per heavy atom. The van der Waals surface area contributed by atoms with E-state index < -0.39 is 11.7 Å². The molecule has 1 saturated heterocycles. The molecule has 30 heavy (non-hydrogen) atoms. The highest BCUT2D eigenvalue weighted by Gasteiger charge is 2.42. The van der Waals surface area contributed by atoms with Crippen LogP contribution in [0.1, 0.15) is 29.5 Å². The van der Waals surface area contributed by atoms with Crippen LogP contribution < -0.4 is 15.0 Å². The normalized spacial score (nSPS) is 20.5. The van der Waals surface area contributed by atoms with Gasteiger partial charge in [-0.2, -0.15) is 13.2 Å². The molecule has 0 aliphatic carbocycles. The van der Waals surface area contributed by atoms with Gasteiger partial charge in [-0.05, 0) is 67.1 Å². The molecule has 7 heteroatoms. The number of hydrogen-bond acceptors (Lipinski definition) is 3. The highest BCUT2D eigenvalue weighted by molar-refractivity contribution is 5.82. The molecule has 2 aromatic carbocycles. The van der Waals surface area contributed by atoms with Crippen LogP contribution in [0, 0.1) is 5.92 Å². The number of carbonyl (C=O) groups excluding carboxylic acids is 1. The van der Waals surface area contributed by atoms with Crippen LogP contribution in [0.3, 0.4) is 0 Å². The molecule has 2 aliphatic rings. The van der Waals surface area contributed by atoms with Crippen LogP contribution in [-0.2, 0) is 23.8 Å². The molecule has 2 atom stereocenters. The highest BCUT2D eigenvalue weighted by Crippen LogP contribution is 2.41. The topological polar surface area (TPSA) is 41.6 Å². The number of benzene rings is 2. The quantitative estimate of drug-likeness (QED) is 0.791. The van der Waals surface area contributed by atoms with Gasteiger partial charge in [-0.3, -0.25) is 4.79 Å². The van der Waals surface area contributed by atoms with Gasteiger partial charge < -0.3 is 15.0 Å². The number of carbonyl (C=O) groups is 1. The van der Waals surface area contributed by atoms with Gasteiger partial charge in [-0.15, -0.1) is 0 Å². The lowest BCUT2D eigenvalue weighted by molar-refractivity contribution is -0.137. The number of methoxy groups -OCH3 is 1. The summed E-state index contributed by atoms with van der Waals surface area (Å²) in [6.07, 6.45) is -1.52.